The third kappa shape index (κ3) is 4.42. The van der Waals surface area contributed by atoms with E-state index in [1.807, 2.05) is 23.5 Å². The van der Waals surface area contributed by atoms with Crippen molar-refractivity contribution in [3.63, 3.8) is 0 Å². The van der Waals surface area contributed by atoms with Gasteiger partial charge in [0.25, 0.3) is 5.91 Å². The molecule has 0 saturated carbocycles. The van der Waals surface area contributed by atoms with Crippen LogP contribution in [0, 0.1) is 6.92 Å². The average Bonchev–Trinajstić information content (AvgIpc) is 3.20. The maximum Gasteiger partial charge on any atom is 0.255 e. The molecule has 0 fully saturated rings. The standard InChI is InChI=1S/C26H21N7O2/c1-16-24(33-13-11-17(15-34)14-23(33)29-16)22-10-12-28-26(32-22)30-19-8-6-18(7-9-19)25(35)31-21-5-3-2-4-20(21)27/h2-15H,27H2,1H3,(H,31,35)(H,28,30,32). The summed E-state index contributed by atoms with van der Waals surface area (Å²) in [6.07, 6.45) is 4.26. The summed E-state index contributed by atoms with van der Waals surface area (Å²) in [6.45, 7) is 1.89. The van der Waals surface area contributed by atoms with Crippen LogP contribution < -0.4 is 16.4 Å². The Morgan fingerprint density at radius 3 is 2.60 bits per heavy atom. The Bertz CT molecular complexity index is 1560. The zero-order valence-corrected chi connectivity index (χ0v) is 18.8. The lowest BCUT2D eigenvalue weighted by molar-refractivity contribution is 0.102. The Morgan fingerprint density at radius 1 is 1.03 bits per heavy atom. The van der Waals surface area contributed by atoms with Gasteiger partial charge in [-0.05, 0) is 61.5 Å². The highest BCUT2D eigenvalue weighted by Crippen LogP contribution is 2.25. The van der Waals surface area contributed by atoms with E-state index in [4.69, 9.17) is 5.73 Å². The van der Waals surface area contributed by atoms with E-state index in [0.717, 1.165) is 23.4 Å². The molecule has 0 spiro atoms. The second-order valence-electron chi connectivity index (χ2n) is 7.86. The molecule has 9 nitrogen and oxygen atoms in total. The van der Waals surface area contributed by atoms with Crippen LogP contribution in [0.4, 0.5) is 23.0 Å². The number of benzene rings is 2. The monoisotopic (exact) mass is 463 g/mol. The van der Waals surface area contributed by atoms with Gasteiger partial charge in [-0.3, -0.25) is 14.0 Å². The SMILES string of the molecule is Cc1nc2cc(C=O)ccn2c1-c1ccnc(Nc2ccc(C(=O)Nc3ccccc3N)cc2)n1. The summed E-state index contributed by atoms with van der Waals surface area (Å²) < 4.78 is 1.89. The van der Waals surface area contributed by atoms with Crippen LogP contribution in [0.3, 0.4) is 0 Å². The van der Waals surface area contributed by atoms with Crippen LogP contribution in [0.1, 0.15) is 26.4 Å². The number of nitrogens with zero attached hydrogens (tertiary/aromatic N) is 4. The van der Waals surface area contributed by atoms with Crippen molar-refractivity contribution in [2.24, 2.45) is 0 Å². The fourth-order valence-electron chi connectivity index (χ4n) is 3.75. The Kier molecular flexibility index (Phi) is 5.64. The van der Waals surface area contributed by atoms with Crippen molar-refractivity contribution in [2.45, 2.75) is 6.92 Å². The molecule has 0 radical (unpaired) electrons. The van der Waals surface area contributed by atoms with Crippen LogP contribution >= 0.6 is 0 Å². The first-order valence-corrected chi connectivity index (χ1v) is 10.8. The smallest absolute Gasteiger partial charge is 0.255 e. The van der Waals surface area contributed by atoms with Crippen LogP contribution in [0.25, 0.3) is 17.0 Å². The van der Waals surface area contributed by atoms with Gasteiger partial charge in [-0.2, -0.15) is 0 Å². The highest BCUT2D eigenvalue weighted by Gasteiger charge is 2.14. The lowest BCUT2D eigenvalue weighted by Crippen LogP contribution is -2.13. The zero-order valence-electron chi connectivity index (χ0n) is 18.8. The van der Waals surface area contributed by atoms with Gasteiger partial charge in [0.1, 0.15) is 11.9 Å². The van der Waals surface area contributed by atoms with Crippen LogP contribution in [0.5, 0.6) is 0 Å². The summed E-state index contributed by atoms with van der Waals surface area (Å²) in [7, 11) is 0. The molecule has 3 heterocycles. The van der Waals surface area contributed by atoms with E-state index in [2.05, 4.69) is 25.6 Å². The van der Waals surface area contributed by atoms with Gasteiger partial charge in [0.15, 0.2) is 0 Å². The van der Waals surface area contributed by atoms with Crippen molar-refractivity contribution in [3.8, 4) is 11.4 Å². The average molecular weight is 464 g/mol. The minimum absolute atomic E-state index is 0.256. The number of carbonyl (C=O) groups excluding carboxylic acids is 2. The normalized spacial score (nSPS) is 10.8. The first-order valence-electron chi connectivity index (χ1n) is 10.8. The highest BCUT2D eigenvalue weighted by molar-refractivity contribution is 6.05. The second kappa shape index (κ2) is 9.06. The van der Waals surface area contributed by atoms with Gasteiger partial charge in [0, 0.05) is 29.2 Å². The molecule has 1 amide bonds. The number of fused-ring (bicyclic) bond motifs is 1. The zero-order chi connectivity index (χ0) is 24.4. The van der Waals surface area contributed by atoms with Crippen molar-refractivity contribution >= 4 is 40.9 Å². The fraction of sp³-hybridized carbons (Fsp3) is 0.0385. The van der Waals surface area contributed by atoms with E-state index in [-0.39, 0.29) is 5.91 Å². The van der Waals surface area contributed by atoms with Crippen LogP contribution in [0.2, 0.25) is 0 Å². The van der Waals surface area contributed by atoms with Crippen molar-refractivity contribution in [3.05, 3.63) is 95.9 Å². The molecule has 5 rings (SSSR count). The molecule has 2 aromatic carbocycles. The van der Waals surface area contributed by atoms with Crippen molar-refractivity contribution in [2.75, 3.05) is 16.4 Å². The van der Waals surface area contributed by atoms with Crippen molar-refractivity contribution < 1.29 is 9.59 Å². The van der Waals surface area contributed by atoms with Crippen LogP contribution in [-0.2, 0) is 0 Å². The molecular weight excluding hydrogens is 442 g/mol. The predicted molar refractivity (Wildman–Crippen MR) is 135 cm³/mol. The molecular formula is C26H21N7O2. The number of anilines is 4. The number of aromatic nitrogens is 4. The number of para-hydroxylation sites is 2. The van der Waals surface area contributed by atoms with Gasteiger partial charge >= 0.3 is 0 Å². The van der Waals surface area contributed by atoms with E-state index in [9.17, 15) is 9.59 Å². The number of imidazole rings is 1. The largest absolute Gasteiger partial charge is 0.397 e. The molecule has 4 N–H and O–H groups in total. The predicted octanol–water partition coefficient (Wildman–Crippen LogP) is 4.49. The molecule has 35 heavy (non-hydrogen) atoms. The van der Waals surface area contributed by atoms with Gasteiger partial charge in [-0.15, -0.1) is 0 Å². The minimum Gasteiger partial charge on any atom is -0.397 e. The van der Waals surface area contributed by atoms with E-state index in [1.165, 1.54) is 0 Å². The Morgan fingerprint density at radius 2 is 1.83 bits per heavy atom. The molecule has 172 valence electrons. The van der Waals surface area contributed by atoms with E-state index in [1.54, 1.807) is 67.0 Å². The third-order valence-electron chi connectivity index (χ3n) is 5.47. The number of nitrogens with one attached hydrogen (secondary N) is 2. The van der Waals surface area contributed by atoms with Crippen LogP contribution in [0.15, 0.2) is 79.1 Å². The maximum absolute atomic E-state index is 12.6. The van der Waals surface area contributed by atoms with E-state index < -0.39 is 0 Å². The van der Waals surface area contributed by atoms with Crippen LogP contribution in [-0.4, -0.2) is 31.5 Å². The topological polar surface area (TPSA) is 127 Å². The molecule has 0 unspecified atom stereocenters. The van der Waals surface area contributed by atoms with E-state index in [0.29, 0.717) is 39.8 Å². The maximum atomic E-state index is 12.6. The quantitative estimate of drug-likeness (QED) is 0.250. The number of aldehydes is 1. The lowest BCUT2D eigenvalue weighted by atomic mass is 10.2. The molecule has 0 bridgehead atoms. The Labute approximate surface area is 200 Å². The molecule has 9 heteroatoms. The summed E-state index contributed by atoms with van der Waals surface area (Å²) in [5, 5.41) is 5.98. The first kappa shape index (κ1) is 21.8. The summed E-state index contributed by atoms with van der Waals surface area (Å²) >= 11 is 0. The molecule has 3 aromatic heterocycles. The highest BCUT2D eigenvalue weighted by atomic mass is 16.1. The third-order valence-corrected chi connectivity index (χ3v) is 5.47. The van der Waals surface area contributed by atoms with Crippen molar-refractivity contribution in [1.82, 2.24) is 19.4 Å². The summed E-state index contributed by atoms with van der Waals surface area (Å²) in [6, 6.07) is 19.3. The Balaban J connectivity index is 1.35. The summed E-state index contributed by atoms with van der Waals surface area (Å²) in [5.74, 6) is 0.143. The molecule has 0 aliphatic carbocycles. The number of rotatable bonds is 6. The number of nitrogen functional groups attached to an aromatic ring is 1. The molecule has 0 saturated heterocycles. The number of pyridine rings is 1. The number of amides is 1. The minimum atomic E-state index is -0.256. The first-order chi connectivity index (χ1) is 17.0. The summed E-state index contributed by atoms with van der Waals surface area (Å²) in [5.41, 5.74) is 11.7. The molecule has 0 atom stereocenters. The van der Waals surface area contributed by atoms with Gasteiger partial charge in [0.05, 0.1) is 28.5 Å². The number of aryl methyl sites for hydroxylation is 1. The fourth-order valence-corrected chi connectivity index (χ4v) is 3.75. The molecule has 0 aliphatic heterocycles. The van der Waals surface area contributed by atoms with Gasteiger partial charge < -0.3 is 16.4 Å². The molecule has 0 aliphatic rings. The number of carbonyl (C=O) groups is 2. The number of nitrogens with two attached hydrogens (primary N) is 1. The van der Waals surface area contributed by atoms with Gasteiger partial charge in [-0.1, -0.05) is 12.1 Å². The lowest BCUT2D eigenvalue weighted by Gasteiger charge is -2.10. The van der Waals surface area contributed by atoms with Gasteiger partial charge in [-0.25, -0.2) is 15.0 Å². The van der Waals surface area contributed by atoms with Gasteiger partial charge in [0.2, 0.25) is 5.95 Å². The Hall–Kier alpha value is -5.05. The summed E-state index contributed by atoms with van der Waals surface area (Å²) in [4.78, 5) is 37.1. The number of hydrogen-bond donors (Lipinski definition) is 3. The number of hydrogen-bond acceptors (Lipinski definition) is 7. The second-order valence-corrected chi connectivity index (χ2v) is 7.86. The van der Waals surface area contributed by atoms with Crippen molar-refractivity contribution in [1.29, 1.82) is 0 Å². The van der Waals surface area contributed by atoms with E-state index >= 15 is 0 Å². The molecule has 5 aromatic rings.